The Bertz CT molecular complexity index is 1070. The van der Waals surface area contributed by atoms with Gasteiger partial charge >= 0.3 is 12.1 Å². The summed E-state index contributed by atoms with van der Waals surface area (Å²) in [5, 5.41) is 9.98. The molecule has 0 aliphatic rings. The highest BCUT2D eigenvalue weighted by Gasteiger charge is 2.41. The largest absolute Gasteiger partial charge is 0.462 e. The SMILES string of the molecule is CCOC(=O)c1cnn(-c2ccc(C(=O)NCCc3nc(C)no3)cc2)c1C(F)(F)F. The van der Waals surface area contributed by atoms with Gasteiger partial charge in [0.2, 0.25) is 5.89 Å². The van der Waals surface area contributed by atoms with E-state index in [0.29, 0.717) is 22.8 Å². The van der Waals surface area contributed by atoms with E-state index in [2.05, 4.69) is 25.3 Å². The first-order valence-corrected chi connectivity index (χ1v) is 9.21. The third-order valence-corrected chi connectivity index (χ3v) is 4.10. The Morgan fingerprint density at radius 1 is 1.23 bits per heavy atom. The van der Waals surface area contributed by atoms with Crippen LogP contribution in [0.25, 0.3) is 5.69 Å². The molecule has 1 N–H and O–H groups in total. The van der Waals surface area contributed by atoms with Gasteiger partial charge in [0.15, 0.2) is 11.5 Å². The van der Waals surface area contributed by atoms with Gasteiger partial charge in [-0.3, -0.25) is 4.79 Å². The molecular formula is C19H18F3N5O4. The highest BCUT2D eigenvalue weighted by atomic mass is 19.4. The van der Waals surface area contributed by atoms with Crippen molar-refractivity contribution in [2.24, 2.45) is 0 Å². The van der Waals surface area contributed by atoms with E-state index in [1.807, 2.05) is 0 Å². The van der Waals surface area contributed by atoms with Gasteiger partial charge in [-0.15, -0.1) is 0 Å². The molecule has 0 aliphatic heterocycles. The molecule has 1 aromatic carbocycles. The number of carbonyl (C=O) groups is 2. The van der Waals surface area contributed by atoms with E-state index in [-0.39, 0.29) is 24.4 Å². The van der Waals surface area contributed by atoms with Crippen LogP contribution in [0, 0.1) is 6.92 Å². The van der Waals surface area contributed by atoms with Crippen molar-refractivity contribution in [3.05, 3.63) is 59.0 Å². The maximum absolute atomic E-state index is 13.6. The lowest BCUT2D eigenvalue weighted by molar-refractivity contribution is -0.143. The zero-order valence-electron chi connectivity index (χ0n) is 16.6. The first kappa shape index (κ1) is 22.0. The Balaban J connectivity index is 1.75. The Kier molecular flexibility index (Phi) is 6.37. The molecule has 31 heavy (non-hydrogen) atoms. The number of benzene rings is 1. The second-order valence-corrected chi connectivity index (χ2v) is 6.32. The van der Waals surface area contributed by atoms with Crippen molar-refractivity contribution < 1.29 is 32.0 Å². The summed E-state index contributed by atoms with van der Waals surface area (Å²) in [6.45, 7) is 3.33. The smallest absolute Gasteiger partial charge is 0.434 e. The summed E-state index contributed by atoms with van der Waals surface area (Å²) in [4.78, 5) is 28.1. The van der Waals surface area contributed by atoms with Crippen molar-refractivity contribution in [2.75, 3.05) is 13.2 Å². The van der Waals surface area contributed by atoms with E-state index in [1.54, 1.807) is 6.92 Å². The van der Waals surface area contributed by atoms with Crippen molar-refractivity contribution in [1.29, 1.82) is 0 Å². The van der Waals surface area contributed by atoms with E-state index < -0.39 is 29.3 Å². The molecule has 0 unspecified atom stereocenters. The maximum atomic E-state index is 13.6. The fourth-order valence-electron chi connectivity index (χ4n) is 2.76. The monoisotopic (exact) mass is 437 g/mol. The van der Waals surface area contributed by atoms with Crippen LogP contribution in [0.1, 0.15) is 45.0 Å². The highest BCUT2D eigenvalue weighted by Crippen LogP contribution is 2.34. The van der Waals surface area contributed by atoms with Crippen molar-refractivity contribution in [3.63, 3.8) is 0 Å². The number of nitrogens with one attached hydrogen (secondary N) is 1. The lowest BCUT2D eigenvalue weighted by atomic mass is 10.2. The zero-order chi connectivity index (χ0) is 22.6. The van der Waals surface area contributed by atoms with Crippen LogP contribution in [0.3, 0.4) is 0 Å². The summed E-state index contributed by atoms with van der Waals surface area (Å²) < 4.78 is 50.9. The Labute approximate surface area is 174 Å². The van der Waals surface area contributed by atoms with Gasteiger partial charge < -0.3 is 14.6 Å². The summed E-state index contributed by atoms with van der Waals surface area (Å²) in [6, 6.07) is 5.31. The Morgan fingerprint density at radius 3 is 2.52 bits per heavy atom. The van der Waals surface area contributed by atoms with Crippen LogP contribution >= 0.6 is 0 Å². The van der Waals surface area contributed by atoms with Crippen LogP contribution < -0.4 is 5.32 Å². The van der Waals surface area contributed by atoms with Gasteiger partial charge in [-0.05, 0) is 38.1 Å². The minimum atomic E-state index is -4.85. The number of aryl methyl sites for hydroxylation is 1. The first-order chi connectivity index (χ1) is 14.7. The summed E-state index contributed by atoms with van der Waals surface area (Å²) in [6.07, 6.45) is -3.70. The van der Waals surface area contributed by atoms with Crippen LogP contribution in [0.5, 0.6) is 0 Å². The molecule has 12 heteroatoms. The molecule has 1 amide bonds. The predicted molar refractivity (Wildman–Crippen MR) is 99.6 cm³/mol. The fraction of sp³-hybridized carbons (Fsp3) is 0.316. The molecule has 2 aromatic heterocycles. The Hall–Kier alpha value is -3.70. The lowest BCUT2D eigenvalue weighted by Crippen LogP contribution is -2.25. The van der Waals surface area contributed by atoms with Crippen LogP contribution in [0.4, 0.5) is 13.2 Å². The van der Waals surface area contributed by atoms with Gasteiger partial charge in [0.05, 0.1) is 18.5 Å². The normalized spacial score (nSPS) is 11.4. The first-order valence-electron chi connectivity index (χ1n) is 9.21. The van der Waals surface area contributed by atoms with Gasteiger partial charge in [0.1, 0.15) is 5.56 Å². The number of halogens is 3. The minimum absolute atomic E-state index is 0.0285. The highest BCUT2D eigenvalue weighted by molar-refractivity contribution is 5.94. The quantitative estimate of drug-likeness (QED) is 0.566. The zero-order valence-corrected chi connectivity index (χ0v) is 16.6. The minimum Gasteiger partial charge on any atom is -0.462 e. The van der Waals surface area contributed by atoms with Gasteiger partial charge in [0, 0.05) is 18.5 Å². The number of ether oxygens (including phenoxy) is 1. The molecule has 0 spiro atoms. The van der Waals surface area contributed by atoms with E-state index in [4.69, 9.17) is 4.52 Å². The van der Waals surface area contributed by atoms with Crippen LogP contribution in [0.2, 0.25) is 0 Å². The molecule has 3 rings (SSSR count). The van der Waals surface area contributed by atoms with Crippen molar-refractivity contribution in [1.82, 2.24) is 25.2 Å². The molecule has 2 heterocycles. The number of hydrogen-bond donors (Lipinski definition) is 1. The lowest BCUT2D eigenvalue weighted by Gasteiger charge is -2.13. The molecule has 0 radical (unpaired) electrons. The van der Waals surface area contributed by atoms with Crippen molar-refractivity contribution in [3.8, 4) is 5.69 Å². The van der Waals surface area contributed by atoms with Gasteiger partial charge in [-0.25, -0.2) is 9.48 Å². The topological polar surface area (TPSA) is 112 Å². The summed E-state index contributed by atoms with van der Waals surface area (Å²) in [5.74, 6) is -0.677. The van der Waals surface area contributed by atoms with Crippen LogP contribution in [0.15, 0.2) is 35.0 Å². The number of amides is 1. The number of aromatic nitrogens is 4. The number of alkyl halides is 3. The molecule has 9 nitrogen and oxygen atoms in total. The number of nitrogens with zero attached hydrogens (tertiary/aromatic N) is 4. The third kappa shape index (κ3) is 5.08. The van der Waals surface area contributed by atoms with Gasteiger partial charge in [0.25, 0.3) is 5.91 Å². The molecular weight excluding hydrogens is 419 g/mol. The maximum Gasteiger partial charge on any atom is 0.434 e. The molecule has 0 fully saturated rings. The predicted octanol–water partition coefficient (Wildman–Crippen LogP) is 2.73. The molecule has 0 saturated carbocycles. The van der Waals surface area contributed by atoms with Gasteiger partial charge in [-0.1, -0.05) is 5.16 Å². The number of carbonyl (C=O) groups excluding carboxylic acids is 2. The third-order valence-electron chi connectivity index (χ3n) is 4.10. The molecule has 3 aromatic rings. The van der Waals surface area contributed by atoms with Crippen molar-refractivity contribution >= 4 is 11.9 Å². The summed E-state index contributed by atoms with van der Waals surface area (Å²) in [7, 11) is 0. The van der Waals surface area contributed by atoms with Crippen molar-refractivity contribution in [2.45, 2.75) is 26.4 Å². The molecule has 0 bridgehead atoms. The molecule has 0 saturated heterocycles. The van der Waals surface area contributed by atoms with Gasteiger partial charge in [-0.2, -0.15) is 23.3 Å². The average Bonchev–Trinajstić information content (AvgIpc) is 3.34. The second kappa shape index (κ2) is 8.98. The van der Waals surface area contributed by atoms with E-state index >= 15 is 0 Å². The van der Waals surface area contributed by atoms with Crippen LogP contribution in [-0.2, 0) is 17.3 Å². The second-order valence-electron chi connectivity index (χ2n) is 6.32. The number of esters is 1. The van der Waals surface area contributed by atoms with E-state index in [9.17, 15) is 22.8 Å². The van der Waals surface area contributed by atoms with E-state index in [1.165, 1.54) is 31.2 Å². The summed E-state index contributed by atoms with van der Waals surface area (Å²) in [5.41, 5.74) is -1.68. The molecule has 0 atom stereocenters. The molecule has 164 valence electrons. The fourth-order valence-corrected chi connectivity index (χ4v) is 2.76. The average molecular weight is 437 g/mol. The number of rotatable bonds is 7. The Morgan fingerprint density at radius 2 is 1.94 bits per heavy atom. The molecule has 0 aliphatic carbocycles. The van der Waals surface area contributed by atoms with E-state index in [0.717, 1.165) is 6.20 Å². The standard InChI is InChI=1S/C19H18F3N5O4/c1-3-30-18(29)14-10-24-27(16(14)19(20,21)22)13-6-4-12(5-7-13)17(28)23-9-8-15-25-11(2)26-31-15/h4-7,10H,3,8-9H2,1-2H3,(H,23,28). The summed E-state index contributed by atoms with van der Waals surface area (Å²) >= 11 is 0. The van der Waals surface area contributed by atoms with Crippen LogP contribution in [-0.4, -0.2) is 44.9 Å². The number of hydrogen-bond acceptors (Lipinski definition) is 7.